The van der Waals surface area contributed by atoms with Crippen LogP contribution in [0.1, 0.15) is 36.0 Å². The van der Waals surface area contributed by atoms with E-state index in [2.05, 4.69) is 15.3 Å². The summed E-state index contributed by atoms with van der Waals surface area (Å²) in [5.41, 5.74) is 0.395. The molecule has 2 aromatic rings. The predicted octanol–water partition coefficient (Wildman–Crippen LogP) is 1.40. The Kier molecular flexibility index (Phi) is 5.21. The van der Waals surface area contributed by atoms with E-state index in [1.165, 1.54) is 4.31 Å². The Morgan fingerprint density at radius 1 is 1.16 bits per heavy atom. The number of hydrogen-bond acceptors (Lipinski definition) is 8. The van der Waals surface area contributed by atoms with E-state index in [0.29, 0.717) is 62.1 Å². The standard InChI is InChI=1S/C15H22N4O5S/c1-10-15(11(2)23-17-10)25(20,21)19-7-4-13(5-8-19)22-9-6-14-16-12(3)24-18-14/h13H,4-9H2,1-3H3. The van der Waals surface area contributed by atoms with E-state index in [-0.39, 0.29) is 11.0 Å². The molecule has 10 heteroatoms. The second kappa shape index (κ2) is 7.22. The maximum Gasteiger partial charge on any atom is 0.248 e. The summed E-state index contributed by atoms with van der Waals surface area (Å²) < 4.78 is 42.7. The third-order valence-corrected chi connectivity index (χ3v) is 6.36. The van der Waals surface area contributed by atoms with Crippen LogP contribution in [-0.4, -0.2) is 53.8 Å². The molecule has 0 aliphatic carbocycles. The first kappa shape index (κ1) is 18.0. The van der Waals surface area contributed by atoms with Crippen LogP contribution < -0.4 is 0 Å². The summed E-state index contributed by atoms with van der Waals surface area (Å²) >= 11 is 0. The fourth-order valence-corrected chi connectivity index (χ4v) is 4.73. The van der Waals surface area contributed by atoms with E-state index in [0.717, 1.165) is 0 Å². The van der Waals surface area contributed by atoms with Crippen LogP contribution in [0.5, 0.6) is 0 Å². The summed E-state index contributed by atoms with van der Waals surface area (Å²) in [4.78, 5) is 4.30. The maximum absolute atomic E-state index is 12.8. The van der Waals surface area contributed by atoms with Crippen LogP contribution in [0.2, 0.25) is 0 Å². The summed E-state index contributed by atoms with van der Waals surface area (Å²) in [5.74, 6) is 1.48. The van der Waals surface area contributed by atoms with Crippen molar-refractivity contribution in [2.75, 3.05) is 19.7 Å². The van der Waals surface area contributed by atoms with Crippen molar-refractivity contribution >= 4 is 10.0 Å². The number of nitrogens with zero attached hydrogens (tertiary/aromatic N) is 4. The first-order valence-electron chi connectivity index (χ1n) is 8.21. The van der Waals surface area contributed by atoms with Gasteiger partial charge in [0.1, 0.15) is 10.6 Å². The maximum atomic E-state index is 12.8. The van der Waals surface area contributed by atoms with Crippen LogP contribution in [0.3, 0.4) is 0 Å². The third kappa shape index (κ3) is 3.91. The zero-order chi connectivity index (χ0) is 18.0. The van der Waals surface area contributed by atoms with Crippen molar-refractivity contribution in [2.24, 2.45) is 0 Å². The molecule has 1 saturated heterocycles. The molecule has 0 atom stereocenters. The van der Waals surface area contributed by atoms with Gasteiger partial charge >= 0.3 is 0 Å². The number of sulfonamides is 1. The van der Waals surface area contributed by atoms with E-state index in [1.54, 1.807) is 20.8 Å². The number of piperidine rings is 1. The Morgan fingerprint density at radius 3 is 2.44 bits per heavy atom. The molecule has 2 aromatic heterocycles. The SMILES string of the molecule is Cc1nc(CCOC2CCN(S(=O)(=O)c3c(C)noc3C)CC2)no1. The van der Waals surface area contributed by atoms with Gasteiger partial charge in [-0.05, 0) is 26.7 Å². The molecule has 3 rings (SSSR count). The van der Waals surface area contributed by atoms with E-state index in [1.807, 2.05) is 0 Å². The zero-order valence-corrected chi connectivity index (χ0v) is 15.4. The Morgan fingerprint density at radius 2 is 1.88 bits per heavy atom. The van der Waals surface area contributed by atoms with E-state index in [4.69, 9.17) is 13.8 Å². The molecule has 0 spiro atoms. The van der Waals surface area contributed by atoms with Gasteiger partial charge < -0.3 is 13.8 Å². The van der Waals surface area contributed by atoms with Gasteiger partial charge in [-0.1, -0.05) is 10.3 Å². The monoisotopic (exact) mass is 370 g/mol. The largest absolute Gasteiger partial charge is 0.378 e. The zero-order valence-electron chi connectivity index (χ0n) is 14.6. The van der Waals surface area contributed by atoms with Gasteiger partial charge in [0.05, 0.1) is 12.7 Å². The summed E-state index contributed by atoms with van der Waals surface area (Å²) in [6.07, 6.45) is 1.90. The topological polar surface area (TPSA) is 112 Å². The highest BCUT2D eigenvalue weighted by Crippen LogP contribution is 2.26. The lowest BCUT2D eigenvalue weighted by atomic mass is 10.1. The summed E-state index contributed by atoms with van der Waals surface area (Å²) in [5, 5.41) is 7.56. The lowest BCUT2D eigenvalue weighted by Crippen LogP contribution is -2.41. The third-order valence-electron chi connectivity index (χ3n) is 4.22. The predicted molar refractivity (Wildman–Crippen MR) is 86.4 cm³/mol. The van der Waals surface area contributed by atoms with Crippen molar-refractivity contribution < 1.29 is 22.2 Å². The highest BCUT2D eigenvalue weighted by atomic mass is 32.2. The van der Waals surface area contributed by atoms with Gasteiger partial charge in [0.2, 0.25) is 15.9 Å². The molecule has 0 unspecified atom stereocenters. The summed E-state index contributed by atoms with van der Waals surface area (Å²) in [6.45, 7) is 6.31. The van der Waals surface area contributed by atoms with E-state index in [9.17, 15) is 8.42 Å². The molecule has 25 heavy (non-hydrogen) atoms. The molecule has 0 amide bonds. The molecule has 0 radical (unpaired) electrons. The fraction of sp³-hybridized carbons (Fsp3) is 0.667. The minimum absolute atomic E-state index is 0.0316. The first-order valence-corrected chi connectivity index (χ1v) is 9.65. The van der Waals surface area contributed by atoms with Gasteiger partial charge in [-0.2, -0.15) is 9.29 Å². The average molecular weight is 370 g/mol. The Balaban J connectivity index is 1.51. The first-order chi connectivity index (χ1) is 11.9. The second-order valence-corrected chi connectivity index (χ2v) is 7.98. The molecule has 0 aromatic carbocycles. The average Bonchev–Trinajstić information content (AvgIpc) is 3.13. The molecule has 0 bridgehead atoms. The van der Waals surface area contributed by atoms with Crippen molar-refractivity contribution in [3.05, 3.63) is 23.2 Å². The van der Waals surface area contributed by atoms with Crippen molar-refractivity contribution in [1.82, 2.24) is 19.6 Å². The summed E-state index contributed by atoms with van der Waals surface area (Å²) in [6, 6.07) is 0. The van der Waals surface area contributed by atoms with Crippen LogP contribution in [0.25, 0.3) is 0 Å². The van der Waals surface area contributed by atoms with Gasteiger partial charge in [0.25, 0.3) is 0 Å². The minimum atomic E-state index is -3.58. The van der Waals surface area contributed by atoms with E-state index < -0.39 is 10.0 Å². The Hall–Kier alpha value is -1.78. The fourth-order valence-electron chi connectivity index (χ4n) is 2.97. The number of hydrogen-bond donors (Lipinski definition) is 0. The second-order valence-electron chi connectivity index (χ2n) is 6.11. The smallest absolute Gasteiger partial charge is 0.248 e. The van der Waals surface area contributed by atoms with Crippen LogP contribution >= 0.6 is 0 Å². The molecule has 1 fully saturated rings. The summed E-state index contributed by atoms with van der Waals surface area (Å²) in [7, 11) is -3.58. The Labute approximate surface area is 146 Å². The molecule has 9 nitrogen and oxygen atoms in total. The molecule has 138 valence electrons. The normalized spacial score (nSPS) is 17.2. The quantitative estimate of drug-likeness (QED) is 0.750. The molecule has 1 aliphatic heterocycles. The van der Waals surface area contributed by atoms with E-state index >= 15 is 0 Å². The van der Waals surface area contributed by atoms with Gasteiger partial charge in [-0.3, -0.25) is 0 Å². The molecule has 3 heterocycles. The van der Waals surface area contributed by atoms with Crippen LogP contribution in [-0.2, 0) is 21.2 Å². The molecule has 0 N–H and O–H groups in total. The van der Waals surface area contributed by atoms with Gasteiger partial charge in [-0.15, -0.1) is 0 Å². The highest BCUT2D eigenvalue weighted by Gasteiger charge is 2.33. The van der Waals surface area contributed by atoms with Crippen LogP contribution in [0.4, 0.5) is 0 Å². The van der Waals surface area contributed by atoms with Gasteiger partial charge in [-0.25, -0.2) is 8.42 Å². The number of ether oxygens (including phenoxy) is 1. The Bertz CT molecular complexity index is 801. The van der Waals surface area contributed by atoms with Crippen LogP contribution in [0.15, 0.2) is 13.9 Å². The molecular weight excluding hydrogens is 348 g/mol. The van der Waals surface area contributed by atoms with Gasteiger partial charge in [0.15, 0.2) is 11.6 Å². The number of rotatable bonds is 6. The molecule has 1 aliphatic rings. The lowest BCUT2D eigenvalue weighted by Gasteiger charge is -2.31. The van der Waals surface area contributed by atoms with Crippen molar-refractivity contribution in [2.45, 2.75) is 51.0 Å². The molecular formula is C15H22N4O5S. The van der Waals surface area contributed by atoms with Crippen molar-refractivity contribution in [3.8, 4) is 0 Å². The minimum Gasteiger partial charge on any atom is -0.378 e. The highest BCUT2D eigenvalue weighted by molar-refractivity contribution is 7.89. The van der Waals surface area contributed by atoms with Crippen molar-refractivity contribution in [3.63, 3.8) is 0 Å². The lowest BCUT2D eigenvalue weighted by molar-refractivity contribution is 0.0222. The van der Waals surface area contributed by atoms with Crippen molar-refractivity contribution in [1.29, 1.82) is 0 Å². The van der Waals surface area contributed by atoms with Gasteiger partial charge in [0, 0.05) is 26.4 Å². The molecule has 0 saturated carbocycles. The number of aromatic nitrogens is 3. The van der Waals surface area contributed by atoms with Crippen LogP contribution in [0, 0.1) is 20.8 Å². The number of aryl methyl sites for hydroxylation is 3.